The smallest absolute Gasteiger partial charge is 0.256 e. The van der Waals surface area contributed by atoms with Crippen LogP contribution in [-0.4, -0.2) is 25.4 Å². The van der Waals surface area contributed by atoms with Crippen molar-refractivity contribution in [2.24, 2.45) is 0 Å². The van der Waals surface area contributed by atoms with Crippen LogP contribution in [0.5, 0.6) is 0 Å². The van der Waals surface area contributed by atoms with Crippen LogP contribution in [0.1, 0.15) is 16.8 Å². The average Bonchev–Trinajstić information content (AvgIpc) is 3.13. The number of benzene rings is 1. The van der Waals surface area contributed by atoms with E-state index in [-0.39, 0.29) is 5.91 Å². The first-order valence-electron chi connectivity index (χ1n) is 9.20. The topological polar surface area (TPSA) is 98.7 Å². The normalized spacial score (nSPS) is 10.8. The van der Waals surface area contributed by atoms with Crippen molar-refractivity contribution < 1.29 is 4.79 Å². The van der Waals surface area contributed by atoms with E-state index < -0.39 is 0 Å². The number of anilines is 2. The molecule has 4 aromatic rings. The van der Waals surface area contributed by atoms with Crippen LogP contribution in [0.3, 0.4) is 0 Å². The number of aromatic nitrogens is 4. The minimum absolute atomic E-state index is 0.216. The lowest BCUT2D eigenvalue weighted by Gasteiger charge is -2.06. The van der Waals surface area contributed by atoms with E-state index in [4.69, 9.17) is 5.73 Å². The molecule has 3 N–H and O–H groups in total. The molecule has 4 rings (SSSR count). The fraction of sp³-hybridized carbons (Fsp3) is 0.0909. The van der Waals surface area contributed by atoms with Gasteiger partial charge in [0.15, 0.2) is 0 Å². The molecule has 0 spiro atoms. The number of nitrogens with two attached hydrogens (primary N) is 1. The van der Waals surface area contributed by atoms with E-state index >= 15 is 0 Å². The Hall–Kier alpha value is -4.00. The molecule has 3 aromatic heterocycles. The van der Waals surface area contributed by atoms with E-state index in [9.17, 15) is 4.79 Å². The first kappa shape index (κ1) is 18.4. The van der Waals surface area contributed by atoms with Crippen molar-refractivity contribution in [1.82, 2.24) is 19.5 Å². The Morgan fingerprint density at radius 2 is 1.97 bits per heavy atom. The van der Waals surface area contributed by atoms with E-state index in [2.05, 4.69) is 26.8 Å². The Labute approximate surface area is 167 Å². The van der Waals surface area contributed by atoms with Crippen LogP contribution in [0, 0.1) is 0 Å². The van der Waals surface area contributed by atoms with Gasteiger partial charge in [-0.3, -0.25) is 4.79 Å². The van der Waals surface area contributed by atoms with Gasteiger partial charge in [-0.2, -0.15) is 0 Å². The largest absolute Gasteiger partial charge is 0.383 e. The number of carbonyl (C=O) groups is 1. The molecule has 7 heteroatoms. The van der Waals surface area contributed by atoms with Crippen LogP contribution in [0.2, 0.25) is 0 Å². The summed E-state index contributed by atoms with van der Waals surface area (Å²) < 4.78 is 2.05. The molecule has 0 bridgehead atoms. The number of hydrogen-bond acceptors (Lipinski definition) is 5. The van der Waals surface area contributed by atoms with Gasteiger partial charge in [0.25, 0.3) is 5.91 Å². The number of hydrogen-bond donors (Lipinski definition) is 2. The second-order valence-electron chi connectivity index (χ2n) is 6.52. The van der Waals surface area contributed by atoms with Crippen molar-refractivity contribution in [3.63, 3.8) is 0 Å². The van der Waals surface area contributed by atoms with Crippen LogP contribution in [0.15, 0.2) is 73.8 Å². The number of amides is 1. The Kier molecular flexibility index (Phi) is 5.03. The lowest BCUT2D eigenvalue weighted by Crippen LogP contribution is -2.12. The van der Waals surface area contributed by atoms with E-state index in [0.29, 0.717) is 17.2 Å². The summed E-state index contributed by atoms with van der Waals surface area (Å²) in [5.74, 6) is 0.725. The van der Waals surface area contributed by atoms with Crippen molar-refractivity contribution >= 4 is 28.6 Å². The van der Waals surface area contributed by atoms with Gasteiger partial charge in [0.1, 0.15) is 23.6 Å². The molecular weight excluding hydrogens is 364 g/mol. The predicted molar refractivity (Wildman–Crippen MR) is 114 cm³/mol. The third-order valence-corrected chi connectivity index (χ3v) is 4.62. The molecule has 0 aliphatic rings. The zero-order chi connectivity index (χ0) is 20.2. The molecule has 0 unspecified atom stereocenters. The molecule has 0 atom stereocenters. The highest BCUT2D eigenvalue weighted by Crippen LogP contribution is 2.32. The molecule has 0 saturated carbocycles. The molecule has 0 radical (unpaired) electrons. The summed E-state index contributed by atoms with van der Waals surface area (Å²) in [6.07, 6.45) is 7.80. The van der Waals surface area contributed by atoms with Gasteiger partial charge in [0.05, 0.1) is 5.39 Å². The highest BCUT2D eigenvalue weighted by molar-refractivity contribution is 6.05. The molecule has 3 heterocycles. The molecule has 0 saturated heterocycles. The van der Waals surface area contributed by atoms with Gasteiger partial charge in [-0.15, -0.1) is 6.58 Å². The molecule has 0 aliphatic carbocycles. The minimum Gasteiger partial charge on any atom is -0.383 e. The molecule has 7 nitrogen and oxygen atoms in total. The van der Waals surface area contributed by atoms with Crippen LogP contribution in [0.4, 0.5) is 11.6 Å². The van der Waals surface area contributed by atoms with Crippen molar-refractivity contribution in [2.75, 3.05) is 11.1 Å². The Balaban J connectivity index is 1.66. The fourth-order valence-electron chi connectivity index (χ4n) is 3.19. The van der Waals surface area contributed by atoms with Gasteiger partial charge in [-0.1, -0.05) is 24.3 Å². The number of fused-ring (bicyclic) bond motifs is 1. The second-order valence-corrected chi connectivity index (χ2v) is 6.52. The summed E-state index contributed by atoms with van der Waals surface area (Å²) in [6.45, 7) is 4.53. The summed E-state index contributed by atoms with van der Waals surface area (Å²) >= 11 is 0. The number of allylic oxidation sites excluding steroid dienone is 1. The highest BCUT2D eigenvalue weighted by Gasteiger charge is 2.15. The van der Waals surface area contributed by atoms with Crippen LogP contribution in [0.25, 0.3) is 22.2 Å². The second kappa shape index (κ2) is 7.93. The van der Waals surface area contributed by atoms with E-state index in [1.165, 1.54) is 6.33 Å². The maximum Gasteiger partial charge on any atom is 0.256 e. The van der Waals surface area contributed by atoms with Gasteiger partial charge in [0.2, 0.25) is 0 Å². The van der Waals surface area contributed by atoms with Gasteiger partial charge in [0, 0.05) is 30.1 Å². The zero-order valence-electron chi connectivity index (χ0n) is 15.7. The third-order valence-electron chi connectivity index (χ3n) is 4.62. The van der Waals surface area contributed by atoms with E-state index in [1.54, 1.807) is 30.5 Å². The number of nitrogens with zero attached hydrogens (tertiary/aromatic N) is 4. The SMILES string of the molecule is C=CCCn1cc(-c2ccc(C(=O)Nc3ccccn3)cc2)c2c(N)ncnc21. The van der Waals surface area contributed by atoms with Crippen molar-refractivity contribution in [1.29, 1.82) is 0 Å². The third kappa shape index (κ3) is 3.70. The Morgan fingerprint density at radius 1 is 1.14 bits per heavy atom. The van der Waals surface area contributed by atoms with Crippen LogP contribution in [-0.2, 0) is 6.54 Å². The Morgan fingerprint density at radius 3 is 2.69 bits per heavy atom. The molecule has 1 aromatic carbocycles. The fourth-order valence-corrected chi connectivity index (χ4v) is 3.19. The summed E-state index contributed by atoms with van der Waals surface area (Å²) in [6, 6.07) is 12.7. The average molecular weight is 384 g/mol. The van der Waals surface area contributed by atoms with Gasteiger partial charge >= 0.3 is 0 Å². The summed E-state index contributed by atoms with van der Waals surface area (Å²) in [7, 11) is 0. The van der Waals surface area contributed by atoms with Crippen molar-refractivity contribution in [3.8, 4) is 11.1 Å². The molecular formula is C22H20N6O. The summed E-state index contributed by atoms with van der Waals surface area (Å²) in [5.41, 5.74) is 9.33. The number of carbonyl (C=O) groups excluding carboxylic acids is 1. The molecule has 1 amide bonds. The maximum atomic E-state index is 12.4. The highest BCUT2D eigenvalue weighted by atomic mass is 16.1. The van der Waals surface area contributed by atoms with Gasteiger partial charge < -0.3 is 15.6 Å². The summed E-state index contributed by atoms with van der Waals surface area (Å²) in [5, 5.41) is 3.59. The standard InChI is InChI=1S/C22H20N6O/c1-2-3-12-28-13-17(19-20(23)25-14-26-21(19)28)15-7-9-16(10-8-15)22(29)27-18-6-4-5-11-24-18/h2,4-11,13-14H,1,3,12H2,(H2,23,25,26)(H,24,27,29). The van der Waals surface area contributed by atoms with Crippen LogP contribution >= 0.6 is 0 Å². The first-order valence-corrected chi connectivity index (χ1v) is 9.20. The quantitative estimate of drug-likeness (QED) is 0.491. The van der Waals surface area contributed by atoms with Crippen molar-refractivity contribution in [3.05, 3.63) is 79.4 Å². The van der Waals surface area contributed by atoms with Gasteiger partial charge in [-0.25, -0.2) is 15.0 Å². The number of nitrogen functional groups attached to an aromatic ring is 1. The van der Waals surface area contributed by atoms with Crippen molar-refractivity contribution in [2.45, 2.75) is 13.0 Å². The number of aryl methyl sites for hydroxylation is 1. The molecule has 29 heavy (non-hydrogen) atoms. The summed E-state index contributed by atoms with van der Waals surface area (Å²) in [4.78, 5) is 25.1. The van der Waals surface area contributed by atoms with Gasteiger partial charge in [-0.05, 0) is 36.2 Å². The predicted octanol–water partition coefficient (Wildman–Crippen LogP) is 3.90. The Bertz CT molecular complexity index is 1170. The molecule has 0 fully saturated rings. The monoisotopic (exact) mass is 384 g/mol. The minimum atomic E-state index is -0.216. The number of nitrogens with one attached hydrogen (secondary N) is 1. The lowest BCUT2D eigenvalue weighted by molar-refractivity contribution is 0.102. The maximum absolute atomic E-state index is 12.4. The van der Waals surface area contributed by atoms with E-state index in [1.807, 2.05) is 35.0 Å². The molecule has 0 aliphatic heterocycles. The number of rotatable bonds is 6. The first-order chi connectivity index (χ1) is 14.2. The van der Waals surface area contributed by atoms with Crippen LogP contribution < -0.4 is 11.1 Å². The molecule has 144 valence electrons. The van der Waals surface area contributed by atoms with E-state index in [0.717, 1.165) is 35.1 Å². The number of pyridine rings is 1. The zero-order valence-corrected chi connectivity index (χ0v) is 15.7. The lowest BCUT2D eigenvalue weighted by atomic mass is 10.0.